The number of aromatic nitrogens is 4. The molecule has 30 heavy (non-hydrogen) atoms. The van der Waals surface area contributed by atoms with Crippen LogP contribution in [0.15, 0.2) is 12.1 Å². The number of ether oxygens (including phenoxy) is 2. The van der Waals surface area contributed by atoms with Crippen molar-refractivity contribution in [3.05, 3.63) is 23.5 Å². The van der Waals surface area contributed by atoms with Crippen molar-refractivity contribution in [2.24, 2.45) is 7.05 Å². The highest BCUT2D eigenvalue weighted by Crippen LogP contribution is 2.28. The van der Waals surface area contributed by atoms with Crippen molar-refractivity contribution in [1.82, 2.24) is 24.9 Å². The maximum absolute atomic E-state index is 12.1. The van der Waals surface area contributed by atoms with Crippen LogP contribution in [-0.2, 0) is 24.8 Å². The third kappa shape index (κ3) is 5.29. The maximum atomic E-state index is 12.1. The lowest BCUT2D eigenvalue weighted by molar-refractivity contribution is 0.103. The number of carbonyl (C=O) groups excluding carboxylic acids is 1. The van der Waals surface area contributed by atoms with Crippen LogP contribution in [-0.4, -0.2) is 50.7 Å². The quantitative estimate of drug-likeness (QED) is 0.645. The van der Waals surface area contributed by atoms with Crippen LogP contribution in [0.5, 0.6) is 5.75 Å². The van der Waals surface area contributed by atoms with Gasteiger partial charge < -0.3 is 14.4 Å². The molecular weight excluding hydrogens is 382 g/mol. The monoisotopic (exact) mass is 415 g/mol. The van der Waals surface area contributed by atoms with E-state index in [0.29, 0.717) is 23.6 Å². The summed E-state index contributed by atoms with van der Waals surface area (Å²) in [5, 5.41) is 8.38. The zero-order chi connectivity index (χ0) is 21.5. The second-order valence-corrected chi connectivity index (χ2v) is 7.86. The van der Waals surface area contributed by atoms with Gasteiger partial charge in [0.1, 0.15) is 23.7 Å². The Balaban J connectivity index is 1.76. The first kappa shape index (κ1) is 22.1. The Morgan fingerprint density at radius 1 is 1.23 bits per heavy atom. The summed E-state index contributed by atoms with van der Waals surface area (Å²) in [4.78, 5) is 18.5. The van der Waals surface area contributed by atoms with E-state index in [0.717, 1.165) is 37.1 Å². The summed E-state index contributed by atoms with van der Waals surface area (Å²) in [6.45, 7) is 4.84. The Morgan fingerprint density at radius 2 is 2.00 bits per heavy atom. The van der Waals surface area contributed by atoms with E-state index in [1.54, 1.807) is 23.7 Å². The molecule has 0 aromatic carbocycles. The van der Waals surface area contributed by atoms with E-state index in [4.69, 9.17) is 14.5 Å². The molecule has 1 fully saturated rings. The van der Waals surface area contributed by atoms with Gasteiger partial charge in [-0.05, 0) is 50.7 Å². The van der Waals surface area contributed by atoms with Crippen molar-refractivity contribution in [2.75, 3.05) is 13.6 Å². The van der Waals surface area contributed by atoms with Crippen molar-refractivity contribution in [3.63, 3.8) is 0 Å². The average Bonchev–Trinajstić information content (AvgIpc) is 3.13. The van der Waals surface area contributed by atoms with E-state index in [1.807, 2.05) is 19.1 Å². The Bertz CT molecular complexity index is 845. The van der Waals surface area contributed by atoms with Crippen molar-refractivity contribution in [3.8, 4) is 17.1 Å². The minimum atomic E-state index is -0.359. The maximum Gasteiger partial charge on any atom is 0.409 e. The van der Waals surface area contributed by atoms with E-state index in [-0.39, 0.29) is 18.8 Å². The second kappa shape index (κ2) is 10.4. The molecule has 2 aromatic rings. The Hall–Kier alpha value is -2.64. The Morgan fingerprint density at radius 3 is 2.70 bits per heavy atom. The molecule has 1 aliphatic carbocycles. The lowest BCUT2D eigenvalue weighted by Gasteiger charge is -2.24. The zero-order valence-corrected chi connectivity index (χ0v) is 18.6. The number of pyridine rings is 1. The van der Waals surface area contributed by atoms with Crippen molar-refractivity contribution in [1.29, 1.82) is 0 Å². The molecule has 1 saturated carbocycles. The fourth-order valence-corrected chi connectivity index (χ4v) is 3.75. The van der Waals surface area contributed by atoms with Crippen LogP contribution in [0.4, 0.5) is 4.79 Å². The summed E-state index contributed by atoms with van der Waals surface area (Å²) in [5.74, 6) is 0.853. The summed E-state index contributed by atoms with van der Waals surface area (Å²) in [7, 11) is 3.52. The first-order valence-corrected chi connectivity index (χ1v) is 11.0. The SMILES string of the molecule is CCCN(C)C(=O)OCc1c(-c2ccc(OC3CCCCC3)c(CC)n2)nnn1C. The van der Waals surface area contributed by atoms with Crippen LogP contribution in [0.3, 0.4) is 0 Å². The molecule has 1 amide bonds. The minimum Gasteiger partial charge on any atom is -0.489 e. The number of hydrogen-bond acceptors (Lipinski definition) is 6. The molecule has 2 heterocycles. The van der Waals surface area contributed by atoms with Gasteiger partial charge in [-0.25, -0.2) is 14.5 Å². The van der Waals surface area contributed by atoms with Crippen LogP contribution in [0.25, 0.3) is 11.4 Å². The van der Waals surface area contributed by atoms with Crippen molar-refractivity contribution < 1.29 is 14.3 Å². The topological polar surface area (TPSA) is 82.4 Å². The lowest BCUT2D eigenvalue weighted by Crippen LogP contribution is -2.28. The number of aryl methyl sites for hydroxylation is 2. The molecule has 8 nitrogen and oxygen atoms in total. The summed E-state index contributed by atoms with van der Waals surface area (Å²) >= 11 is 0. The summed E-state index contributed by atoms with van der Waals surface area (Å²) < 4.78 is 13.3. The van der Waals surface area contributed by atoms with Crippen molar-refractivity contribution >= 4 is 6.09 Å². The average molecular weight is 416 g/mol. The predicted molar refractivity (Wildman–Crippen MR) is 114 cm³/mol. The van der Waals surface area contributed by atoms with E-state index in [2.05, 4.69) is 17.2 Å². The molecule has 8 heteroatoms. The Kier molecular flexibility index (Phi) is 7.65. The van der Waals surface area contributed by atoms with E-state index in [1.165, 1.54) is 19.3 Å². The predicted octanol–water partition coefficient (Wildman–Crippen LogP) is 4.13. The lowest BCUT2D eigenvalue weighted by atomic mass is 9.98. The van der Waals surface area contributed by atoms with Gasteiger partial charge in [0, 0.05) is 20.6 Å². The Labute approximate surface area is 178 Å². The number of hydrogen-bond donors (Lipinski definition) is 0. The molecule has 1 aliphatic rings. The van der Waals surface area contributed by atoms with Crippen LogP contribution in [0.2, 0.25) is 0 Å². The summed E-state index contributed by atoms with van der Waals surface area (Å²) in [6.07, 6.45) is 7.54. The highest BCUT2D eigenvalue weighted by molar-refractivity contribution is 5.67. The van der Waals surface area contributed by atoms with E-state index >= 15 is 0 Å². The molecule has 0 unspecified atom stereocenters. The molecule has 0 spiro atoms. The number of carbonyl (C=O) groups is 1. The number of nitrogens with zero attached hydrogens (tertiary/aromatic N) is 5. The fourth-order valence-electron chi connectivity index (χ4n) is 3.75. The molecule has 0 saturated heterocycles. The van der Waals surface area contributed by atoms with E-state index in [9.17, 15) is 4.79 Å². The van der Waals surface area contributed by atoms with Gasteiger partial charge in [-0.2, -0.15) is 0 Å². The van der Waals surface area contributed by atoms with Gasteiger partial charge >= 0.3 is 6.09 Å². The molecular formula is C22H33N5O3. The number of amides is 1. The van der Waals surface area contributed by atoms with Gasteiger partial charge in [0.2, 0.25) is 0 Å². The molecule has 0 atom stereocenters. The van der Waals surface area contributed by atoms with Crippen LogP contribution < -0.4 is 4.74 Å². The molecule has 2 aromatic heterocycles. The molecule has 0 aliphatic heterocycles. The second-order valence-electron chi connectivity index (χ2n) is 7.86. The highest BCUT2D eigenvalue weighted by Gasteiger charge is 2.20. The molecule has 3 rings (SSSR count). The first-order valence-electron chi connectivity index (χ1n) is 11.0. The van der Waals surface area contributed by atoms with Crippen LogP contribution in [0, 0.1) is 0 Å². The standard InChI is InChI=1S/C22H33N5O3/c1-5-14-26(3)22(28)29-15-19-21(24-25-27(19)4)18-12-13-20(17(6-2)23-18)30-16-10-8-7-9-11-16/h12-13,16H,5-11,14-15H2,1-4H3. The normalized spacial score (nSPS) is 14.5. The van der Waals surface area contributed by atoms with Crippen LogP contribution >= 0.6 is 0 Å². The van der Waals surface area contributed by atoms with Gasteiger partial charge in [-0.15, -0.1) is 5.10 Å². The summed E-state index contributed by atoms with van der Waals surface area (Å²) in [5.41, 5.74) is 2.96. The highest BCUT2D eigenvalue weighted by atomic mass is 16.6. The van der Waals surface area contributed by atoms with Gasteiger partial charge in [-0.1, -0.05) is 25.5 Å². The minimum absolute atomic E-state index is 0.0924. The summed E-state index contributed by atoms with van der Waals surface area (Å²) in [6, 6.07) is 3.89. The fraction of sp³-hybridized carbons (Fsp3) is 0.636. The molecule has 0 radical (unpaired) electrons. The van der Waals surface area contributed by atoms with Gasteiger partial charge in [-0.3, -0.25) is 0 Å². The largest absolute Gasteiger partial charge is 0.489 e. The molecule has 0 bridgehead atoms. The third-order valence-electron chi connectivity index (χ3n) is 5.50. The third-order valence-corrected chi connectivity index (χ3v) is 5.50. The molecule has 0 N–H and O–H groups in total. The van der Waals surface area contributed by atoms with Gasteiger partial charge in [0.05, 0.1) is 17.5 Å². The number of rotatable bonds is 8. The van der Waals surface area contributed by atoms with Gasteiger partial charge in [0.15, 0.2) is 0 Å². The van der Waals surface area contributed by atoms with Gasteiger partial charge in [0.25, 0.3) is 0 Å². The smallest absolute Gasteiger partial charge is 0.409 e. The van der Waals surface area contributed by atoms with Crippen LogP contribution in [0.1, 0.15) is 63.8 Å². The molecule has 164 valence electrons. The van der Waals surface area contributed by atoms with E-state index < -0.39 is 0 Å². The van der Waals surface area contributed by atoms with Crippen molar-refractivity contribution in [2.45, 2.75) is 71.5 Å². The zero-order valence-electron chi connectivity index (χ0n) is 18.6. The first-order chi connectivity index (χ1) is 14.5.